The monoisotopic (exact) mass is 167 g/mol. The Bertz CT molecular complexity index is 149. The molecule has 1 heteroatoms. The van der Waals surface area contributed by atoms with Gasteiger partial charge in [-0.1, -0.05) is 19.8 Å². The van der Waals surface area contributed by atoms with Gasteiger partial charge in [-0.25, -0.2) is 0 Å². The van der Waals surface area contributed by atoms with E-state index in [1.807, 2.05) is 0 Å². The first kappa shape index (κ1) is 8.55. The Morgan fingerprint density at radius 3 is 2.25 bits per heavy atom. The van der Waals surface area contributed by atoms with E-state index in [9.17, 15) is 0 Å². The van der Waals surface area contributed by atoms with Crippen molar-refractivity contribution in [3.05, 3.63) is 0 Å². The highest BCUT2D eigenvalue weighted by Crippen LogP contribution is 2.45. The SMILES string of the molecule is CNC(C1CCCC1)C1CC1C. The number of hydrogen-bond acceptors (Lipinski definition) is 1. The van der Waals surface area contributed by atoms with Gasteiger partial charge < -0.3 is 5.32 Å². The van der Waals surface area contributed by atoms with E-state index in [4.69, 9.17) is 0 Å². The first-order valence-electron chi connectivity index (χ1n) is 5.50. The summed E-state index contributed by atoms with van der Waals surface area (Å²) in [6.45, 7) is 2.39. The van der Waals surface area contributed by atoms with Crippen LogP contribution in [-0.2, 0) is 0 Å². The van der Waals surface area contributed by atoms with E-state index in [0.717, 1.165) is 23.8 Å². The molecule has 70 valence electrons. The third kappa shape index (κ3) is 1.52. The van der Waals surface area contributed by atoms with E-state index in [1.54, 1.807) is 0 Å². The zero-order valence-electron chi connectivity index (χ0n) is 8.34. The van der Waals surface area contributed by atoms with Gasteiger partial charge in [0.2, 0.25) is 0 Å². The van der Waals surface area contributed by atoms with Crippen molar-refractivity contribution < 1.29 is 0 Å². The third-order valence-corrected chi connectivity index (χ3v) is 3.87. The minimum absolute atomic E-state index is 0.850. The fourth-order valence-electron chi connectivity index (χ4n) is 2.97. The first-order valence-corrected chi connectivity index (χ1v) is 5.50. The average Bonchev–Trinajstić information content (AvgIpc) is 2.60. The van der Waals surface area contributed by atoms with Gasteiger partial charge >= 0.3 is 0 Å². The van der Waals surface area contributed by atoms with E-state index < -0.39 is 0 Å². The molecule has 0 spiro atoms. The van der Waals surface area contributed by atoms with E-state index in [2.05, 4.69) is 19.3 Å². The predicted octanol–water partition coefficient (Wildman–Crippen LogP) is 2.42. The average molecular weight is 167 g/mol. The molecule has 2 rings (SSSR count). The molecule has 2 aliphatic rings. The maximum Gasteiger partial charge on any atom is 0.0123 e. The van der Waals surface area contributed by atoms with Crippen LogP contribution in [0.15, 0.2) is 0 Å². The molecule has 3 atom stereocenters. The number of nitrogens with one attached hydrogen (secondary N) is 1. The second kappa shape index (κ2) is 3.37. The highest BCUT2D eigenvalue weighted by molar-refractivity contribution is 4.96. The first-order chi connectivity index (χ1) is 5.83. The van der Waals surface area contributed by atoms with Crippen molar-refractivity contribution in [1.82, 2.24) is 5.32 Å². The lowest BCUT2D eigenvalue weighted by Crippen LogP contribution is -2.34. The maximum absolute atomic E-state index is 3.54. The summed E-state index contributed by atoms with van der Waals surface area (Å²) in [5.74, 6) is 3.02. The van der Waals surface area contributed by atoms with Crippen molar-refractivity contribution in [2.24, 2.45) is 17.8 Å². The fraction of sp³-hybridized carbons (Fsp3) is 1.00. The van der Waals surface area contributed by atoms with Crippen LogP contribution in [0.3, 0.4) is 0 Å². The molecule has 0 aromatic heterocycles. The summed E-state index contributed by atoms with van der Waals surface area (Å²) in [6.07, 6.45) is 7.39. The highest BCUT2D eigenvalue weighted by Gasteiger charge is 2.42. The van der Waals surface area contributed by atoms with E-state index in [0.29, 0.717) is 0 Å². The Hall–Kier alpha value is -0.0400. The Morgan fingerprint density at radius 2 is 1.83 bits per heavy atom. The normalized spacial score (nSPS) is 38.5. The minimum Gasteiger partial charge on any atom is -0.316 e. The summed E-state index contributed by atoms with van der Waals surface area (Å²) in [5.41, 5.74) is 0. The Balaban J connectivity index is 1.89. The van der Waals surface area contributed by atoms with Crippen LogP contribution in [0.1, 0.15) is 39.0 Å². The summed E-state index contributed by atoms with van der Waals surface area (Å²) in [5, 5.41) is 3.54. The van der Waals surface area contributed by atoms with Crippen LogP contribution in [0.2, 0.25) is 0 Å². The van der Waals surface area contributed by atoms with Crippen molar-refractivity contribution >= 4 is 0 Å². The lowest BCUT2D eigenvalue weighted by Gasteiger charge is -2.22. The molecule has 0 amide bonds. The minimum atomic E-state index is 0.850. The van der Waals surface area contributed by atoms with Crippen LogP contribution < -0.4 is 5.32 Å². The van der Waals surface area contributed by atoms with Crippen LogP contribution in [0, 0.1) is 17.8 Å². The molecule has 1 nitrogen and oxygen atoms in total. The zero-order valence-corrected chi connectivity index (χ0v) is 8.34. The van der Waals surface area contributed by atoms with Crippen LogP contribution in [0.4, 0.5) is 0 Å². The molecule has 12 heavy (non-hydrogen) atoms. The van der Waals surface area contributed by atoms with Gasteiger partial charge in [0.25, 0.3) is 0 Å². The van der Waals surface area contributed by atoms with Crippen molar-refractivity contribution in [2.45, 2.75) is 45.1 Å². The third-order valence-electron chi connectivity index (χ3n) is 3.87. The van der Waals surface area contributed by atoms with E-state index in [1.165, 1.54) is 32.1 Å². The predicted molar refractivity (Wildman–Crippen MR) is 52.1 cm³/mol. The van der Waals surface area contributed by atoms with E-state index in [-0.39, 0.29) is 0 Å². The highest BCUT2D eigenvalue weighted by atomic mass is 14.9. The van der Waals surface area contributed by atoms with Crippen LogP contribution in [0.25, 0.3) is 0 Å². The number of hydrogen-bond donors (Lipinski definition) is 1. The van der Waals surface area contributed by atoms with Crippen molar-refractivity contribution in [3.8, 4) is 0 Å². The summed E-state index contributed by atoms with van der Waals surface area (Å²) >= 11 is 0. The van der Waals surface area contributed by atoms with Crippen molar-refractivity contribution in [2.75, 3.05) is 7.05 Å². The zero-order chi connectivity index (χ0) is 8.55. The van der Waals surface area contributed by atoms with Gasteiger partial charge in [-0.2, -0.15) is 0 Å². The smallest absolute Gasteiger partial charge is 0.0123 e. The lowest BCUT2D eigenvalue weighted by molar-refractivity contribution is 0.334. The van der Waals surface area contributed by atoms with Gasteiger partial charge in [-0.05, 0) is 44.1 Å². The maximum atomic E-state index is 3.54. The molecule has 0 aromatic rings. The molecular weight excluding hydrogens is 146 g/mol. The molecule has 0 heterocycles. The fourth-order valence-corrected chi connectivity index (χ4v) is 2.97. The van der Waals surface area contributed by atoms with Gasteiger partial charge in [-0.3, -0.25) is 0 Å². The molecule has 0 saturated heterocycles. The van der Waals surface area contributed by atoms with Gasteiger partial charge in [0, 0.05) is 6.04 Å². The molecule has 0 radical (unpaired) electrons. The van der Waals surface area contributed by atoms with Gasteiger partial charge in [0.15, 0.2) is 0 Å². The van der Waals surface area contributed by atoms with Gasteiger partial charge in [0.1, 0.15) is 0 Å². The van der Waals surface area contributed by atoms with Crippen molar-refractivity contribution in [3.63, 3.8) is 0 Å². The van der Waals surface area contributed by atoms with Crippen LogP contribution in [0.5, 0.6) is 0 Å². The summed E-state index contributed by atoms with van der Waals surface area (Å²) < 4.78 is 0. The van der Waals surface area contributed by atoms with Crippen molar-refractivity contribution in [1.29, 1.82) is 0 Å². The molecule has 3 unspecified atom stereocenters. The Morgan fingerprint density at radius 1 is 1.25 bits per heavy atom. The molecule has 0 bridgehead atoms. The van der Waals surface area contributed by atoms with Crippen LogP contribution >= 0.6 is 0 Å². The van der Waals surface area contributed by atoms with Crippen LogP contribution in [-0.4, -0.2) is 13.1 Å². The second-order valence-electron chi connectivity index (χ2n) is 4.74. The topological polar surface area (TPSA) is 12.0 Å². The molecule has 0 aromatic carbocycles. The Kier molecular flexibility index (Phi) is 2.40. The Labute approximate surface area is 75.9 Å². The largest absolute Gasteiger partial charge is 0.316 e. The summed E-state index contributed by atoms with van der Waals surface area (Å²) in [4.78, 5) is 0. The van der Waals surface area contributed by atoms with Gasteiger partial charge in [0.05, 0.1) is 0 Å². The standard InChI is InChI=1S/C11H21N/c1-8-7-10(8)11(12-2)9-5-3-4-6-9/h8-12H,3-7H2,1-2H3. The molecule has 2 fully saturated rings. The summed E-state index contributed by atoms with van der Waals surface area (Å²) in [7, 11) is 2.15. The quantitative estimate of drug-likeness (QED) is 0.680. The lowest BCUT2D eigenvalue weighted by atomic mass is 9.93. The van der Waals surface area contributed by atoms with E-state index >= 15 is 0 Å². The molecule has 1 N–H and O–H groups in total. The molecule has 2 aliphatic carbocycles. The molecule has 2 saturated carbocycles. The molecular formula is C11H21N. The van der Waals surface area contributed by atoms with Gasteiger partial charge in [-0.15, -0.1) is 0 Å². The summed E-state index contributed by atoms with van der Waals surface area (Å²) in [6, 6.07) is 0.850. The number of rotatable bonds is 3. The molecule has 0 aliphatic heterocycles. The second-order valence-corrected chi connectivity index (χ2v) is 4.74.